The lowest BCUT2D eigenvalue weighted by Crippen LogP contribution is -2.29. The van der Waals surface area contributed by atoms with Gasteiger partial charge >= 0.3 is 13.1 Å². The maximum atomic E-state index is 11.4. The number of esters is 1. The van der Waals surface area contributed by atoms with Crippen molar-refractivity contribution in [2.75, 3.05) is 26.4 Å². The fraction of sp³-hybridized carbons (Fsp3) is 0.533. The number of rotatable bonds is 10. The summed E-state index contributed by atoms with van der Waals surface area (Å²) in [5.41, 5.74) is 0.409. The first-order valence-corrected chi connectivity index (χ1v) is 7.37. The SMILES string of the molecule is CCC(C)C(=O)OCCOCCOc1ccc(B(O)O)cc1. The number of hydrogen-bond acceptors (Lipinski definition) is 6. The number of carbonyl (C=O) groups is 1. The van der Waals surface area contributed by atoms with Crippen LogP contribution in [0.15, 0.2) is 24.3 Å². The van der Waals surface area contributed by atoms with Gasteiger partial charge in [-0.1, -0.05) is 26.0 Å². The van der Waals surface area contributed by atoms with E-state index in [1.54, 1.807) is 24.3 Å². The summed E-state index contributed by atoms with van der Waals surface area (Å²) < 4.78 is 15.8. The zero-order chi connectivity index (χ0) is 16.4. The highest BCUT2D eigenvalue weighted by atomic mass is 16.6. The molecule has 0 radical (unpaired) electrons. The molecule has 22 heavy (non-hydrogen) atoms. The molecule has 0 aromatic heterocycles. The highest BCUT2D eigenvalue weighted by Gasteiger charge is 2.11. The molecule has 0 aliphatic rings. The van der Waals surface area contributed by atoms with Crippen LogP contribution in [-0.4, -0.2) is 49.6 Å². The molecule has 7 heteroatoms. The summed E-state index contributed by atoms with van der Waals surface area (Å²) in [6.45, 7) is 5.09. The number of ether oxygens (including phenoxy) is 3. The minimum Gasteiger partial charge on any atom is -0.491 e. The standard InChI is InChI=1S/C15H23BO6/c1-3-12(2)15(17)22-11-9-20-8-10-21-14-6-4-13(5-7-14)16(18)19/h4-7,12,18-19H,3,8-11H2,1-2H3. The molecule has 0 aliphatic heterocycles. The Morgan fingerprint density at radius 3 is 2.36 bits per heavy atom. The molecule has 0 spiro atoms. The second-order valence-electron chi connectivity index (χ2n) is 4.88. The van der Waals surface area contributed by atoms with E-state index in [0.717, 1.165) is 6.42 Å². The Morgan fingerprint density at radius 1 is 1.14 bits per heavy atom. The van der Waals surface area contributed by atoms with Gasteiger partial charge in [0.1, 0.15) is 19.0 Å². The van der Waals surface area contributed by atoms with Gasteiger partial charge < -0.3 is 24.3 Å². The summed E-state index contributed by atoms with van der Waals surface area (Å²) in [7, 11) is -1.48. The van der Waals surface area contributed by atoms with Gasteiger partial charge in [-0.2, -0.15) is 0 Å². The van der Waals surface area contributed by atoms with E-state index >= 15 is 0 Å². The second kappa shape index (κ2) is 10.2. The van der Waals surface area contributed by atoms with E-state index in [1.807, 2.05) is 13.8 Å². The molecule has 0 saturated carbocycles. The van der Waals surface area contributed by atoms with Crippen LogP contribution >= 0.6 is 0 Å². The summed E-state index contributed by atoms with van der Waals surface area (Å²) >= 11 is 0. The lowest BCUT2D eigenvalue weighted by molar-refractivity contribution is -0.149. The quantitative estimate of drug-likeness (QED) is 0.368. The third-order valence-electron chi connectivity index (χ3n) is 3.16. The molecule has 1 aromatic rings. The molecular weight excluding hydrogens is 287 g/mol. The van der Waals surface area contributed by atoms with Crippen LogP contribution in [0.3, 0.4) is 0 Å². The van der Waals surface area contributed by atoms with Crippen molar-refractivity contribution in [1.29, 1.82) is 0 Å². The number of benzene rings is 1. The van der Waals surface area contributed by atoms with Crippen molar-refractivity contribution in [3.05, 3.63) is 24.3 Å². The Labute approximate surface area is 131 Å². The molecule has 0 bridgehead atoms. The van der Waals surface area contributed by atoms with Gasteiger partial charge in [0.25, 0.3) is 0 Å². The Hall–Kier alpha value is -1.57. The molecule has 0 fully saturated rings. The topological polar surface area (TPSA) is 85.2 Å². The summed E-state index contributed by atoms with van der Waals surface area (Å²) in [5.74, 6) is 0.341. The predicted molar refractivity (Wildman–Crippen MR) is 83.0 cm³/mol. The highest BCUT2D eigenvalue weighted by Crippen LogP contribution is 2.07. The van der Waals surface area contributed by atoms with E-state index < -0.39 is 7.12 Å². The van der Waals surface area contributed by atoms with Crippen molar-refractivity contribution in [2.24, 2.45) is 5.92 Å². The largest absolute Gasteiger partial charge is 0.491 e. The molecule has 1 rings (SSSR count). The Kier molecular flexibility index (Phi) is 8.58. The van der Waals surface area contributed by atoms with Crippen LogP contribution in [0.5, 0.6) is 5.75 Å². The Balaban J connectivity index is 2.07. The first-order valence-electron chi connectivity index (χ1n) is 7.37. The summed E-state index contributed by atoms with van der Waals surface area (Å²) in [6.07, 6.45) is 0.764. The molecule has 1 atom stereocenters. The van der Waals surface area contributed by atoms with Gasteiger partial charge in [-0.3, -0.25) is 4.79 Å². The van der Waals surface area contributed by atoms with Gasteiger partial charge in [0.2, 0.25) is 0 Å². The first kappa shape index (κ1) is 18.5. The molecule has 2 N–H and O–H groups in total. The van der Waals surface area contributed by atoms with Crippen LogP contribution < -0.4 is 10.2 Å². The molecule has 0 saturated heterocycles. The van der Waals surface area contributed by atoms with E-state index in [1.165, 1.54) is 0 Å². The highest BCUT2D eigenvalue weighted by molar-refractivity contribution is 6.58. The molecule has 1 aromatic carbocycles. The van der Waals surface area contributed by atoms with Gasteiger partial charge in [0, 0.05) is 0 Å². The van der Waals surface area contributed by atoms with Crippen LogP contribution in [0.2, 0.25) is 0 Å². The van der Waals surface area contributed by atoms with Crippen LogP contribution in [0.4, 0.5) is 0 Å². The number of hydrogen-bond donors (Lipinski definition) is 2. The lowest BCUT2D eigenvalue weighted by Gasteiger charge is -2.10. The van der Waals surface area contributed by atoms with Gasteiger partial charge in [-0.25, -0.2) is 0 Å². The van der Waals surface area contributed by atoms with E-state index in [-0.39, 0.29) is 18.5 Å². The fourth-order valence-electron chi connectivity index (χ4n) is 1.57. The summed E-state index contributed by atoms with van der Waals surface area (Å²) in [5, 5.41) is 17.9. The average molecular weight is 310 g/mol. The summed E-state index contributed by atoms with van der Waals surface area (Å²) in [6, 6.07) is 6.47. The zero-order valence-electron chi connectivity index (χ0n) is 13.0. The van der Waals surface area contributed by atoms with E-state index in [9.17, 15) is 4.79 Å². The van der Waals surface area contributed by atoms with E-state index in [2.05, 4.69) is 0 Å². The molecular formula is C15H23BO6. The van der Waals surface area contributed by atoms with Gasteiger partial charge in [0.15, 0.2) is 0 Å². The monoisotopic (exact) mass is 310 g/mol. The minimum atomic E-state index is -1.48. The smallest absolute Gasteiger partial charge is 0.488 e. The van der Waals surface area contributed by atoms with Crippen LogP contribution in [-0.2, 0) is 14.3 Å². The molecule has 0 aliphatic carbocycles. The normalized spacial score (nSPS) is 11.8. The molecule has 0 amide bonds. The molecule has 6 nitrogen and oxygen atoms in total. The van der Waals surface area contributed by atoms with Gasteiger partial charge in [-0.15, -0.1) is 0 Å². The van der Waals surface area contributed by atoms with Crippen molar-refractivity contribution in [3.63, 3.8) is 0 Å². The molecule has 1 unspecified atom stereocenters. The van der Waals surface area contributed by atoms with E-state index in [4.69, 9.17) is 24.3 Å². The zero-order valence-corrected chi connectivity index (χ0v) is 13.0. The number of carbonyl (C=O) groups excluding carboxylic acids is 1. The van der Waals surface area contributed by atoms with Crippen molar-refractivity contribution in [2.45, 2.75) is 20.3 Å². The van der Waals surface area contributed by atoms with Gasteiger partial charge in [-0.05, 0) is 24.0 Å². The maximum absolute atomic E-state index is 11.4. The van der Waals surface area contributed by atoms with Crippen molar-refractivity contribution < 1.29 is 29.1 Å². The van der Waals surface area contributed by atoms with Gasteiger partial charge in [0.05, 0.1) is 19.1 Å². The maximum Gasteiger partial charge on any atom is 0.488 e. The minimum absolute atomic E-state index is 0.0799. The Morgan fingerprint density at radius 2 is 1.77 bits per heavy atom. The predicted octanol–water partition coefficient (Wildman–Crippen LogP) is 0.351. The van der Waals surface area contributed by atoms with E-state index in [0.29, 0.717) is 31.0 Å². The van der Waals surface area contributed by atoms with Crippen molar-refractivity contribution >= 4 is 18.6 Å². The fourth-order valence-corrected chi connectivity index (χ4v) is 1.57. The third kappa shape index (κ3) is 6.93. The average Bonchev–Trinajstić information content (AvgIpc) is 2.53. The molecule has 122 valence electrons. The van der Waals surface area contributed by atoms with Crippen LogP contribution in [0.1, 0.15) is 20.3 Å². The molecule has 0 heterocycles. The Bertz CT molecular complexity index is 434. The summed E-state index contributed by atoms with van der Waals surface area (Å²) in [4.78, 5) is 11.4. The van der Waals surface area contributed by atoms with Crippen LogP contribution in [0.25, 0.3) is 0 Å². The second-order valence-corrected chi connectivity index (χ2v) is 4.88. The first-order chi connectivity index (χ1) is 10.5. The van der Waals surface area contributed by atoms with Crippen molar-refractivity contribution in [1.82, 2.24) is 0 Å². The van der Waals surface area contributed by atoms with Crippen molar-refractivity contribution in [3.8, 4) is 5.75 Å². The third-order valence-corrected chi connectivity index (χ3v) is 3.16. The lowest BCUT2D eigenvalue weighted by atomic mass is 9.80. The van der Waals surface area contributed by atoms with Crippen LogP contribution in [0, 0.1) is 5.92 Å².